The molecule has 7 rings (SSSR count). The number of halogens is 4. The zero-order valence-electron chi connectivity index (χ0n) is 35.3. The van der Waals surface area contributed by atoms with Gasteiger partial charge in [-0.3, -0.25) is 4.90 Å². The second kappa shape index (κ2) is 21.0. The summed E-state index contributed by atoms with van der Waals surface area (Å²) in [4.78, 5) is 3.33. The van der Waals surface area contributed by atoms with Gasteiger partial charge in [0, 0.05) is 60.1 Å². The molecule has 5 aromatic carbocycles. The van der Waals surface area contributed by atoms with Gasteiger partial charge in [-0.15, -0.1) is 11.8 Å². The third-order valence-electron chi connectivity index (χ3n) is 12.0. The van der Waals surface area contributed by atoms with Gasteiger partial charge in [0.25, 0.3) is 9.84 Å². The van der Waals surface area contributed by atoms with E-state index < -0.39 is 47.4 Å². The summed E-state index contributed by atoms with van der Waals surface area (Å²) in [6, 6.07) is 34.5. The second-order valence-electron chi connectivity index (χ2n) is 16.1. The number of morpholine rings is 1. The van der Waals surface area contributed by atoms with Gasteiger partial charge in [0.15, 0.2) is 0 Å². The number of hydrogen-bond acceptors (Lipinski definition) is 10. The van der Waals surface area contributed by atoms with Gasteiger partial charge in [0.1, 0.15) is 11.1 Å². The zero-order valence-corrected chi connectivity index (χ0v) is 38.5. The summed E-state index contributed by atoms with van der Waals surface area (Å²) in [7, 11) is -10.8. The van der Waals surface area contributed by atoms with Crippen molar-refractivity contribution in [1.82, 2.24) is 9.62 Å². The average Bonchev–Trinajstić information content (AvgIpc) is 3.30. The van der Waals surface area contributed by atoms with E-state index in [1.165, 1.54) is 22.9 Å². The molecular weight excluding hydrogens is 905 g/mol. The Kier molecular flexibility index (Phi) is 15.7. The molecule has 5 aromatic rings. The number of thioether (sulfide) groups is 1. The van der Waals surface area contributed by atoms with E-state index >= 15 is 0 Å². The van der Waals surface area contributed by atoms with Crippen molar-refractivity contribution in [3.05, 3.63) is 137 Å². The van der Waals surface area contributed by atoms with Crippen molar-refractivity contribution in [3.63, 3.8) is 0 Å². The first-order valence-corrected chi connectivity index (χ1v) is 25.5. The van der Waals surface area contributed by atoms with Crippen LogP contribution in [0.2, 0.25) is 5.02 Å². The van der Waals surface area contributed by atoms with E-state index in [2.05, 4.69) is 45.0 Å². The highest BCUT2D eigenvalue weighted by Crippen LogP contribution is 2.40. The summed E-state index contributed by atoms with van der Waals surface area (Å²) in [6.45, 7) is 6.91. The van der Waals surface area contributed by atoms with Crippen molar-refractivity contribution in [2.24, 2.45) is 5.92 Å². The summed E-state index contributed by atoms with van der Waals surface area (Å²) >= 11 is 7.61. The summed E-state index contributed by atoms with van der Waals surface area (Å²) in [6.07, 6.45) is 0.563. The quantitative estimate of drug-likeness (QED) is 0.0613. The standard InChI is InChI=1S/C47H52ClF3N4O6S3/c1-33(42-9-5-6-10-43(42)35-11-15-37(48)16-12-35)34-21-25-55(26-22-34)39-17-13-36(14-18-39)46(56)53-64(59,60)41-19-20-44(45(31-41)63(57,58)47(49,50)51)52-38(23-24-54-27-29-61-30-28-54)32-62-40-7-3-2-4-8-40/h2-20,31,33-34,38,46,52-53,56H,21-30,32H2,1H3/t33-,38-,46?/m1/s1. The van der Waals surface area contributed by atoms with Gasteiger partial charge in [-0.05, 0) is 108 Å². The maximum atomic E-state index is 14.2. The normalized spacial score (nSPS) is 17.2. The number of hydrogen-bond donors (Lipinski definition) is 3. The molecule has 2 aliphatic rings. The van der Waals surface area contributed by atoms with Crippen molar-refractivity contribution in [3.8, 4) is 11.1 Å². The molecule has 3 atom stereocenters. The van der Waals surface area contributed by atoms with Crippen molar-refractivity contribution in [2.45, 2.75) is 64.6 Å². The molecule has 64 heavy (non-hydrogen) atoms. The monoisotopic (exact) mass is 956 g/mol. The average molecular weight is 958 g/mol. The number of benzene rings is 5. The Balaban J connectivity index is 1.02. The van der Waals surface area contributed by atoms with Crippen LogP contribution in [0.25, 0.3) is 11.1 Å². The number of nitrogens with one attached hydrogen (secondary N) is 2. The molecule has 17 heteroatoms. The van der Waals surface area contributed by atoms with Crippen LogP contribution < -0.4 is 14.9 Å². The summed E-state index contributed by atoms with van der Waals surface area (Å²) < 4.78 is 103. The maximum absolute atomic E-state index is 14.2. The minimum atomic E-state index is -6.03. The van der Waals surface area contributed by atoms with E-state index in [4.69, 9.17) is 16.3 Å². The number of aliphatic hydroxyl groups is 1. The van der Waals surface area contributed by atoms with Gasteiger partial charge in [-0.25, -0.2) is 16.8 Å². The van der Waals surface area contributed by atoms with Crippen LogP contribution in [0, 0.1) is 5.92 Å². The van der Waals surface area contributed by atoms with Crippen LogP contribution in [0.1, 0.15) is 49.5 Å². The van der Waals surface area contributed by atoms with Crippen LogP contribution in [0.5, 0.6) is 0 Å². The lowest BCUT2D eigenvalue weighted by molar-refractivity contribution is -0.0435. The lowest BCUT2D eigenvalue weighted by atomic mass is 9.78. The van der Waals surface area contributed by atoms with Crippen LogP contribution in [0.4, 0.5) is 24.5 Å². The molecule has 10 nitrogen and oxygen atoms in total. The van der Waals surface area contributed by atoms with E-state index in [1.54, 1.807) is 24.3 Å². The highest BCUT2D eigenvalue weighted by molar-refractivity contribution is 7.99. The first-order chi connectivity index (χ1) is 30.6. The van der Waals surface area contributed by atoms with Crippen LogP contribution >= 0.6 is 23.4 Å². The molecule has 0 amide bonds. The lowest BCUT2D eigenvalue weighted by Gasteiger charge is -2.37. The number of alkyl halides is 3. The van der Waals surface area contributed by atoms with Crippen LogP contribution in [-0.2, 0) is 24.6 Å². The fourth-order valence-corrected chi connectivity index (χ4v) is 11.5. The summed E-state index contributed by atoms with van der Waals surface area (Å²) in [5.74, 6) is 1.13. The second-order valence-corrected chi connectivity index (χ2v) is 21.3. The van der Waals surface area contributed by atoms with Crippen LogP contribution in [0.3, 0.4) is 0 Å². The van der Waals surface area contributed by atoms with Gasteiger partial charge in [0.05, 0.1) is 23.8 Å². The predicted octanol–water partition coefficient (Wildman–Crippen LogP) is 9.59. The molecule has 2 aliphatic heterocycles. The number of ether oxygens (including phenoxy) is 1. The molecule has 0 aliphatic carbocycles. The molecule has 2 saturated heterocycles. The number of rotatable bonds is 17. The van der Waals surface area contributed by atoms with Gasteiger partial charge >= 0.3 is 5.51 Å². The van der Waals surface area contributed by atoms with E-state index in [1.807, 2.05) is 60.7 Å². The molecule has 3 N–H and O–H groups in total. The maximum Gasteiger partial charge on any atom is 0.501 e. The topological polar surface area (TPSA) is 128 Å². The highest BCUT2D eigenvalue weighted by atomic mass is 35.5. The summed E-state index contributed by atoms with van der Waals surface area (Å²) in [5, 5.41) is 14.8. The van der Waals surface area contributed by atoms with Crippen molar-refractivity contribution >= 4 is 54.6 Å². The molecule has 0 aromatic heterocycles. The van der Waals surface area contributed by atoms with Gasteiger partial charge in [-0.1, -0.05) is 85.3 Å². The Bertz CT molecular complexity index is 2540. The predicted molar refractivity (Wildman–Crippen MR) is 248 cm³/mol. The third kappa shape index (κ3) is 11.8. The number of anilines is 2. The Morgan fingerprint density at radius 3 is 2.17 bits per heavy atom. The molecule has 0 saturated carbocycles. The smallest absolute Gasteiger partial charge is 0.380 e. The van der Waals surface area contributed by atoms with Crippen LogP contribution in [-0.4, -0.2) is 90.1 Å². The van der Waals surface area contributed by atoms with Gasteiger partial charge in [-0.2, -0.15) is 17.9 Å². The Labute approximate surface area is 383 Å². The third-order valence-corrected chi connectivity index (χ3v) is 16.4. The van der Waals surface area contributed by atoms with E-state index in [-0.39, 0.29) is 11.3 Å². The van der Waals surface area contributed by atoms with Gasteiger partial charge in [0.2, 0.25) is 10.0 Å². The van der Waals surface area contributed by atoms with Crippen molar-refractivity contribution in [1.29, 1.82) is 0 Å². The number of aliphatic hydroxyl groups excluding tert-OH is 1. The minimum absolute atomic E-state index is 0.190. The van der Waals surface area contributed by atoms with Gasteiger partial charge < -0.3 is 20.1 Å². The molecule has 2 fully saturated rings. The Morgan fingerprint density at radius 1 is 0.844 bits per heavy atom. The van der Waals surface area contributed by atoms with Crippen molar-refractivity contribution < 1.29 is 39.9 Å². The summed E-state index contributed by atoms with van der Waals surface area (Å²) in [5.41, 5.74) is -1.43. The molecule has 2 heterocycles. The Morgan fingerprint density at radius 2 is 1.50 bits per heavy atom. The number of nitrogens with zero attached hydrogens (tertiary/aromatic N) is 2. The number of sulfone groups is 1. The van der Waals surface area contributed by atoms with Crippen molar-refractivity contribution in [2.75, 3.05) is 61.9 Å². The highest BCUT2D eigenvalue weighted by Gasteiger charge is 2.48. The SMILES string of the molecule is C[C@@H](c1ccccc1-c1ccc(Cl)cc1)C1CCN(c2ccc(C(O)NS(=O)(=O)c3ccc(N[C@H](CCN4CCOCC4)CSc4ccccc4)c(S(=O)(=O)C(F)(F)F)c3)cc2)CC1. The van der Waals surface area contributed by atoms with E-state index in [9.17, 15) is 35.1 Å². The number of sulfonamides is 1. The molecule has 0 bridgehead atoms. The Hall–Kier alpha value is -4.13. The minimum Gasteiger partial charge on any atom is -0.380 e. The lowest BCUT2D eigenvalue weighted by Crippen LogP contribution is -2.39. The molecule has 0 radical (unpaired) electrons. The largest absolute Gasteiger partial charge is 0.501 e. The fourth-order valence-electron chi connectivity index (χ4n) is 8.28. The van der Waals surface area contributed by atoms with Crippen LogP contribution in [0.15, 0.2) is 136 Å². The zero-order chi connectivity index (χ0) is 45.5. The molecular formula is C47H52ClF3N4O6S3. The molecule has 342 valence electrons. The van der Waals surface area contributed by atoms with E-state index in [0.29, 0.717) is 67.9 Å². The first-order valence-electron chi connectivity index (χ1n) is 21.2. The van der Waals surface area contributed by atoms with E-state index in [0.717, 1.165) is 54.2 Å². The number of piperidine rings is 1. The molecule has 1 unspecified atom stereocenters. The fraction of sp³-hybridized carbons (Fsp3) is 0.362. The first kappa shape index (κ1) is 47.8. The molecule has 0 spiro atoms.